The fraction of sp³-hybridized carbons (Fsp3) is 0. The maximum Gasteiger partial charge on any atom is 4.00 e. The Morgan fingerprint density at radius 3 is 1.60 bits per heavy atom. The zero-order valence-corrected chi connectivity index (χ0v) is 10.6. The van der Waals surface area contributed by atoms with Crippen molar-refractivity contribution in [3.05, 3.63) is 0 Å². The maximum absolute atomic E-state index is 10.2. The molecule has 0 rings (SSSR count). The van der Waals surface area contributed by atoms with Crippen molar-refractivity contribution in [2.24, 2.45) is 0 Å². The summed E-state index contributed by atoms with van der Waals surface area (Å²) in [6, 6.07) is 0. The van der Waals surface area contributed by atoms with Gasteiger partial charge in [0.05, 0.1) is 0 Å². The van der Waals surface area contributed by atoms with E-state index in [1.807, 2.05) is 0 Å². The Labute approximate surface area is 93.3 Å². The van der Waals surface area contributed by atoms with Crippen LogP contribution in [0, 0.1) is 10.2 Å². The average Bonchev–Trinajstić information content (AvgIpc) is 1.27. The summed E-state index contributed by atoms with van der Waals surface area (Å²) < 4.78 is 34.1. The van der Waals surface area contributed by atoms with Gasteiger partial charge in [0.2, 0.25) is 0 Å². The van der Waals surface area contributed by atoms with E-state index in [0.29, 0.717) is 0 Å². The maximum atomic E-state index is 10.2. The van der Waals surface area contributed by atoms with Crippen LogP contribution < -0.4 is 29.6 Å². The Hall–Kier alpha value is 1.07. The molecule has 4 nitrogen and oxygen atoms in total. The summed E-state index contributed by atoms with van der Waals surface area (Å²) in [6.45, 7) is 0. The van der Waals surface area contributed by atoms with Crippen molar-refractivity contribution in [3.63, 3.8) is 0 Å². The van der Waals surface area contributed by atoms with Gasteiger partial charge in [-0.05, 0) is 0 Å². The average molecular weight is 257 g/mol. The van der Waals surface area contributed by atoms with Gasteiger partial charge in [-0.2, -0.15) is 8.42 Å². The minimum atomic E-state index is -5.17. The molecule has 0 aliphatic heterocycles. The molecule has 48 valence electrons. The predicted octanol–water partition coefficient (Wildman–Crippen LogP) is -4.25. The van der Waals surface area contributed by atoms with Crippen LogP contribution in [0.3, 0.4) is 0 Å². The van der Waals surface area contributed by atoms with E-state index in [4.69, 9.17) is 18.2 Å². The van der Waals surface area contributed by atoms with Gasteiger partial charge in [-0.3, -0.25) is 4.55 Å². The molecule has 0 fully saturated rings. The molecule has 0 saturated heterocycles. The second-order valence-electron chi connectivity index (χ2n) is 0.512. The quantitative estimate of drug-likeness (QED) is 0.271. The molecule has 0 aliphatic carbocycles. The summed E-state index contributed by atoms with van der Waals surface area (Å²) in [6.07, 6.45) is 0. The zero-order valence-electron chi connectivity index (χ0n) is 4.94. The molecule has 0 aliphatic rings. The standard InChI is InChI=1S/CHNSe.FHO3S.Na.Si/c2-1-3;1-5(2,3)4;;/h3H;(H,2,3,4);;/q;;+1;+4. The van der Waals surface area contributed by atoms with Gasteiger partial charge in [-0.25, -0.2) is 0 Å². The molecule has 0 radical (unpaired) electrons. The van der Waals surface area contributed by atoms with Gasteiger partial charge >= 0.3 is 77.3 Å². The molecule has 0 unspecified atom stereocenters. The third-order valence-electron chi connectivity index (χ3n) is 0. The summed E-state index contributed by atoms with van der Waals surface area (Å²) in [5, 5.41) is 7.29. The van der Waals surface area contributed by atoms with Crippen LogP contribution in [0.1, 0.15) is 0 Å². The van der Waals surface area contributed by atoms with Crippen molar-refractivity contribution < 1.29 is 46.4 Å². The Morgan fingerprint density at radius 2 is 1.60 bits per heavy atom. The first-order chi connectivity index (χ1) is 3.41. The minimum absolute atomic E-state index is 0. The summed E-state index contributed by atoms with van der Waals surface area (Å²) in [4.78, 5) is 1.69. The number of nitrogens with zero attached hydrogens (tertiary/aromatic N) is 1. The Balaban J connectivity index is -0.0000000326. The fourth-order valence-corrected chi connectivity index (χ4v) is 0. The van der Waals surface area contributed by atoms with Crippen molar-refractivity contribution in [2.75, 3.05) is 0 Å². The molecular formula is CH2FNNaO3SSeSi+5. The zero-order chi connectivity index (χ0) is 7.21. The van der Waals surface area contributed by atoms with E-state index in [1.54, 1.807) is 21.0 Å². The Morgan fingerprint density at radius 1 is 1.60 bits per heavy atom. The van der Waals surface area contributed by atoms with Crippen LogP contribution in [-0.2, 0) is 10.5 Å². The van der Waals surface area contributed by atoms with Crippen LogP contribution in [0.25, 0.3) is 0 Å². The number of nitriles is 1. The third-order valence-corrected chi connectivity index (χ3v) is 0. The number of hydrogen-bond acceptors (Lipinski definition) is 3. The van der Waals surface area contributed by atoms with Crippen LogP contribution in [0.2, 0.25) is 0 Å². The number of halogens is 1. The van der Waals surface area contributed by atoms with Crippen LogP contribution in [-0.4, -0.2) is 39.9 Å². The van der Waals surface area contributed by atoms with Crippen molar-refractivity contribution in [3.8, 4) is 4.97 Å². The summed E-state index contributed by atoms with van der Waals surface area (Å²) in [7, 11) is -5.17. The monoisotopic (exact) mass is 258 g/mol. The van der Waals surface area contributed by atoms with Crippen LogP contribution in [0.15, 0.2) is 0 Å². The molecule has 9 heteroatoms. The second kappa shape index (κ2) is 12.7. The third kappa shape index (κ3) is 519. The van der Waals surface area contributed by atoms with Crippen molar-refractivity contribution in [2.45, 2.75) is 0 Å². The van der Waals surface area contributed by atoms with Crippen LogP contribution in [0.4, 0.5) is 3.89 Å². The molecule has 10 heavy (non-hydrogen) atoms. The van der Waals surface area contributed by atoms with Gasteiger partial charge in [0.1, 0.15) is 0 Å². The first-order valence-corrected chi connectivity index (χ1v) is 3.40. The van der Waals surface area contributed by atoms with E-state index in [0.717, 1.165) is 0 Å². The molecular weight excluding hydrogens is 255 g/mol. The van der Waals surface area contributed by atoms with E-state index >= 15 is 0 Å². The number of hydrogen-bond donors (Lipinski definition) is 1. The molecule has 0 heterocycles. The van der Waals surface area contributed by atoms with Crippen LogP contribution in [0.5, 0.6) is 0 Å². The first-order valence-electron chi connectivity index (χ1n) is 1.12. The molecule has 0 atom stereocenters. The first kappa shape index (κ1) is 22.5. The second-order valence-corrected chi connectivity index (χ2v) is 1.76. The Bertz CT molecular complexity index is 169. The molecule has 1 N–H and O–H groups in total. The van der Waals surface area contributed by atoms with E-state index < -0.39 is 10.5 Å². The smallest absolute Gasteiger partial charge is 0.260 e. The molecule has 0 bridgehead atoms. The van der Waals surface area contributed by atoms with Crippen molar-refractivity contribution in [1.82, 2.24) is 0 Å². The molecule has 0 aromatic rings. The topological polar surface area (TPSA) is 78.2 Å². The van der Waals surface area contributed by atoms with Gasteiger partial charge in [-0.15, -0.1) is 0 Å². The van der Waals surface area contributed by atoms with Gasteiger partial charge < -0.3 is 0 Å². The SMILES string of the molecule is N#C[SeH].O=S(=O)(O)F.[Na+].[Si+4]. The Kier molecular flexibility index (Phi) is 28.6. The molecule has 0 aromatic carbocycles. The largest absolute Gasteiger partial charge is 4.00 e. The van der Waals surface area contributed by atoms with Crippen molar-refractivity contribution >= 4 is 37.5 Å². The molecule has 0 spiro atoms. The van der Waals surface area contributed by atoms with E-state index in [-0.39, 0.29) is 40.5 Å². The van der Waals surface area contributed by atoms with Crippen LogP contribution >= 0.6 is 0 Å². The van der Waals surface area contributed by atoms with E-state index in [1.165, 1.54) is 0 Å². The van der Waals surface area contributed by atoms with Gasteiger partial charge in [0, 0.05) is 0 Å². The van der Waals surface area contributed by atoms with Gasteiger partial charge in [0.15, 0.2) is 0 Å². The number of rotatable bonds is 0. The summed E-state index contributed by atoms with van der Waals surface area (Å²) in [5.41, 5.74) is 0. The summed E-state index contributed by atoms with van der Waals surface area (Å²) >= 11 is 1.77. The van der Waals surface area contributed by atoms with E-state index in [9.17, 15) is 3.89 Å². The van der Waals surface area contributed by atoms with E-state index in [2.05, 4.69) is 0 Å². The molecule has 0 amide bonds. The van der Waals surface area contributed by atoms with Gasteiger partial charge in [0.25, 0.3) is 0 Å². The fourth-order valence-electron chi connectivity index (χ4n) is 0. The molecule has 0 saturated carbocycles. The molecule has 0 aromatic heterocycles. The summed E-state index contributed by atoms with van der Waals surface area (Å²) in [5.74, 6) is 0. The predicted molar refractivity (Wildman–Crippen MR) is 31.2 cm³/mol. The minimum Gasteiger partial charge on any atom is -0.260 e. The normalized spacial score (nSPS) is 6.60. The van der Waals surface area contributed by atoms with Gasteiger partial charge in [-0.1, -0.05) is 3.89 Å². The van der Waals surface area contributed by atoms with Crippen molar-refractivity contribution in [1.29, 1.82) is 5.26 Å².